The summed E-state index contributed by atoms with van der Waals surface area (Å²) in [5, 5.41) is 10.5. The first-order valence-corrected chi connectivity index (χ1v) is 12.1. The third-order valence-corrected chi connectivity index (χ3v) is 6.98. The van der Waals surface area contributed by atoms with Crippen LogP contribution in [0, 0.1) is 6.92 Å². The van der Waals surface area contributed by atoms with Gasteiger partial charge in [0.1, 0.15) is 5.75 Å². The van der Waals surface area contributed by atoms with Crippen molar-refractivity contribution in [1.82, 2.24) is 4.57 Å². The second-order valence-corrected chi connectivity index (χ2v) is 9.87. The van der Waals surface area contributed by atoms with Crippen molar-refractivity contribution in [3.8, 4) is 5.75 Å². The number of aryl methyl sites for hydroxylation is 1. The summed E-state index contributed by atoms with van der Waals surface area (Å²) in [6, 6.07) is 10.2. The van der Waals surface area contributed by atoms with Gasteiger partial charge in [-0.05, 0) is 44.5 Å². The SMILES string of the molecule is CCOC(=O)C1=C(C)N=c2s/c(=C\c3cc(Br)cc(Cl)c3O)c(=O)n2[C@@H]1c1ccc(C)cc1. The molecule has 1 aliphatic rings. The molecule has 4 rings (SSSR count). The molecule has 0 aliphatic carbocycles. The highest BCUT2D eigenvalue weighted by Gasteiger charge is 2.33. The fourth-order valence-electron chi connectivity index (χ4n) is 3.69. The number of ether oxygens (including phenoxy) is 1. The molecule has 0 radical (unpaired) electrons. The van der Waals surface area contributed by atoms with Crippen molar-refractivity contribution in [3.05, 3.63) is 93.5 Å². The number of fused-ring (bicyclic) bond motifs is 1. The first kappa shape index (κ1) is 23.5. The van der Waals surface area contributed by atoms with Crippen molar-refractivity contribution in [2.75, 3.05) is 6.61 Å². The van der Waals surface area contributed by atoms with Crippen LogP contribution in [0.3, 0.4) is 0 Å². The van der Waals surface area contributed by atoms with Crippen molar-refractivity contribution >= 4 is 50.9 Å². The van der Waals surface area contributed by atoms with E-state index in [1.807, 2.05) is 31.2 Å². The molecule has 0 bridgehead atoms. The number of esters is 1. The van der Waals surface area contributed by atoms with Crippen molar-refractivity contribution in [2.45, 2.75) is 26.8 Å². The normalized spacial score (nSPS) is 15.9. The second kappa shape index (κ2) is 9.29. The number of aromatic nitrogens is 1. The Kier molecular flexibility index (Phi) is 6.61. The van der Waals surface area contributed by atoms with E-state index < -0.39 is 12.0 Å². The van der Waals surface area contributed by atoms with Gasteiger partial charge in [0, 0.05) is 10.0 Å². The van der Waals surface area contributed by atoms with E-state index in [1.54, 1.807) is 32.1 Å². The molecular weight excluding hydrogens is 528 g/mol. The van der Waals surface area contributed by atoms with Gasteiger partial charge in [-0.15, -0.1) is 0 Å². The van der Waals surface area contributed by atoms with E-state index in [0.29, 0.717) is 30.6 Å². The molecule has 6 nitrogen and oxygen atoms in total. The first-order chi connectivity index (χ1) is 15.7. The van der Waals surface area contributed by atoms with Crippen LogP contribution in [-0.4, -0.2) is 22.2 Å². The molecule has 0 spiro atoms. The molecule has 170 valence electrons. The van der Waals surface area contributed by atoms with Crippen molar-refractivity contribution < 1.29 is 14.6 Å². The second-order valence-electron chi connectivity index (χ2n) is 7.54. The van der Waals surface area contributed by atoms with Crippen LogP contribution in [0.4, 0.5) is 0 Å². The number of phenolic OH excluding ortho intramolecular Hbond substituents is 1. The maximum atomic E-state index is 13.6. The molecule has 0 amide bonds. The van der Waals surface area contributed by atoms with E-state index in [0.717, 1.165) is 11.1 Å². The number of carbonyl (C=O) groups excluding carboxylic acids is 1. The zero-order valence-corrected chi connectivity index (χ0v) is 21.2. The van der Waals surface area contributed by atoms with Crippen molar-refractivity contribution in [3.63, 3.8) is 0 Å². The van der Waals surface area contributed by atoms with Gasteiger partial charge in [-0.3, -0.25) is 9.36 Å². The highest BCUT2D eigenvalue weighted by atomic mass is 79.9. The van der Waals surface area contributed by atoms with E-state index >= 15 is 0 Å². The molecule has 3 aromatic rings. The van der Waals surface area contributed by atoms with Gasteiger partial charge >= 0.3 is 5.97 Å². The Morgan fingerprint density at radius 3 is 2.67 bits per heavy atom. The maximum absolute atomic E-state index is 13.6. The van der Waals surface area contributed by atoms with Gasteiger partial charge in [0.05, 0.1) is 33.5 Å². The molecule has 0 unspecified atom stereocenters. The summed E-state index contributed by atoms with van der Waals surface area (Å²) in [6.45, 7) is 5.66. The number of aromatic hydroxyl groups is 1. The molecule has 9 heteroatoms. The van der Waals surface area contributed by atoms with Crippen LogP contribution in [-0.2, 0) is 9.53 Å². The molecule has 2 heterocycles. The summed E-state index contributed by atoms with van der Waals surface area (Å²) >= 11 is 10.6. The van der Waals surface area contributed by atoms with E-state index in [4.69, 9.17) is 16.3 Å². The van der Waals surface area contributed by atoms with Gasteiger partial charge in [0.2, 0.25) is 0 Å². The predicted octanol–water partition coefficient (Wildman–Crippen LogP) is 4.23. The summed E-state index contributed by atoms with van der Waals surface area (Å²) in [7, 11) is 0. The maximum Gasteiger partial charge on any atom is 0.338 e. The lowest BCUT2D eigenvalue weighted by molar-refractivity contribution is -0.139. The summed E-state index contributed by atoms with van der Waals surface area (Å²) in [4.78, 5) is 31.5. The first-order valence-electron chi connectivity index (χ1n) is 10.2. The number of halogens is 2. The molecular formula is C24H20BrClN2O4S. The van der Waals surface area contributed by atoms with Gasteiger partial charge in [0.15, 0.2) is 4.80 Å². The minimum atomic E-state index is -0.678. The van der Waals surface area contributed by atoms with Gasteiger partial charge < -0.3 is 9.84 Å². The van der Waals surface area contributed by atoms with E-state index in [-0.39, 0.29) is 22.9 Å². The van der Waals surface area contributed by atoms with Crippen LogP contribution in [0.15, 0.2) is 61.9 Å². The average Bonchev–Trinajstić information content (AvgIpc) is 3.06. The Morgan fingerprint density at radius 2 is 2.00 bits per heavy atom. The lowest BCUT2D eigenvalue weighted by atomic mass is 9.95. The van der Waals surface area contributed by atoms with E-state index in [9.17, 15) is 14.7 Å². The van der Waals surface area contributed by atoms with Crippen LogP contribution in [0.1, 0.15) is 36.6 Å². The number of benzene rings is 2. The molecule has 1 N–H and O–H groups in total. The van der Waals surface area contributed by atoms with Crippen LogP contribution >= 0.6 is 38.9 Å². The van der Waals surface area contributed by atoms with Gasteiger partial charge in [-0.25, -0.2) is 9.79 Å². The minimum absolute atomic E-state index is 0.121. The van der Waals surface area contributed by atoms with Crippen LogP contribution in [0.2, 0.25) is 5.02 Å². The zero-order valence-electron chi connectivity index (χ0n) is 18.1. The number of phenols is 1. The van der Waals surface area contributed by atoms with Crippen molar-refractivity contribution in [1.29, 1.82) is 0 Å². The smallest absolute Gasteiger partial charge is 0.338 e. The Hall–Kier alpha value is -2.68. The fraction of sp³-hybridized carbons (Fsp3) is 0.208. The summed E-state index contributed by atoms with van der Waals surface area (Å²) < 4.78 is 7.83. The van der Waals surface area contributed by atoms with Crippen LogP contribution < -0.4 is 14.9 Å². The Balaban J connectivity index is 1.98. The third kappa shape index (κ3) is 4.43. The molecule has 1 aromatic heterocycles. The fourth-order valence-corrected chi connectivity index (χ4v) is 5.56. The quantitative estimate of drug-likeness (QED) is 0.496. The Labute approximate surface area is 207 Å². The standard InChI is InChI=1S/C24H20BrClN2O4S/c1-4-32-23(31)19-13(3)27-24-28(20(19)14-7-5-12(2)6-8-14)22(30)18(33-24)10-15-9-16(25)11-17(26)21(15)29/h5-11,20,29H,4H2,1-3H3/b18-10-/t20-/m1/s1. The lowest BCUT2D eigenvalue weighted by Gasteiger charge is -2.24. The van der Waals surface area contributed by atoms with Gasteiger partial charge in [-0.1, -0.05) is 68.7 Å². The summed E-state index contributed by atoms with van der Waals surface area (Å²) in [6.07, 6.45) is 1.57. The predicted molar refractivity (Wildman–Crippen MR) is 132 cm³/mol. The molecule has 33 heavy (non-hydrogen) atoms. The number of hydrogen-bond donors (Lipinski definition) is 1. The average molecular weight is 548 g/mol. The van der Waals surface area contributed by atoms with Crippen LogP contribution in [0.25, 0.3) is 6.08 Å². The van der Waals surface area contributed by atoms with Crippen molar-refractivity contribution in [2.24, 2.45) is 4.99 Å². The number of thiazole rings is 1. The number of allylic oxidation sites excluding steroid dienone is 1. The highest BCUT2D eigenvalue weighted by molar-refractivity contribution is 9.10. The molecule has 0 fully saturated rings. The number of rotatable bonds is 4. The van der Waals surface area contributed by atoms with Crippen LogP contribution in [0.5, 0.6) is 5.75 Å². The van der Waals surface area contributed by atoms with Gasteiger partial charge in [-0.2, -0.15) is 0 Å². The topological polar surface area (TPSA) is 80.9 Å². The van der Waals surface area contributed by atoms with E-state index in [1.165, 1.54) is 15.9 Å². The highest BCUT2D eigenvalue weighted by Crippen LogP contribution is 2.32. The zero-order chi connectivity index (χ0) is 23.9. The molecule has 0 saturated heterocycles. The van der Waals surface area contributed by atoms with E-state index in [2.05, 4.69) is 20.9 Å². The molecule has 1 aliphatic heterocycles. The number of hydrogen-bond acceptors (Lipinski definition) is 6. The number of nitrogens with zero attached hydrogens (tertiary/aromatic N) is 2. The largest absolute Gasteiger partial charge is 0.506 e. The molecule has 2 aromatic carbocycles. The minimum Gasteiger partial charge on any atom is -0.506 e. The molecule has 0 saturated carbocycles. The number of carbonyl (C=O) groups is 1. The summed E-state index contributed by atoms with van der Waals surface area (Å²) in [5.41, 5.74) is 2.74. The monoisotopic (exact) mass is 546 g/mol. The Bertz CT molecular complexity index is 1470. The Morgan fingerprint density at radius 1 is 1.30 bits per heavy atom. The lowest BCUT2D eigenvalue weighted by Crippen LogP contribution is -2.39. The summed E-state index contributed by atoms with van der Waals surface area (Å²) in [5.74, 6) is -0.626. The third-order valence-electron chi connectivity index (χ3n) is 5.25. The van der Waals surface area contributed by atoms with Gasteiger partial charge in [0.25, 0.3) is 5.56 Å². The molecule has 1 atom stereocenters.